The van der Waals surface area contributed by atoms with Crippen LogP contribution in [0.15, 0.2) is 24.3 Å². The molecular weight excluding hydrogens is 240 g/mol. The second-order valence-corrected chi connectivity index (χ2v) is 6.21. The van der Waals surface area contributed by atoms with Gasteiger partial charge in [0.2, 0.25) is 0 Å². The van der Waals surface area contributed by atoms with Gasteiger partial charge in [0.05, 0.1) is 12.0 Å². The first-order valence-corrected chi connectivity index (χ1v) is 6.69. The highest BCUT2D eigenvalue weighted by Crippen LogP contribution is 2.49. The molecule has 0 heterocycles. The van der Waals surface area contributed by atoms with Gasteiger partial charge < -0.3 is 9.47 Å². The van der Waals surface area contributed by atoms with E-state index in [0.717, 1.165) is 24.0 Å². The number of esters is 1. The van der Waals surface area contributed by atoms with Gasteiger partial charge in [0.15, 0.2) is 0 Å². The third-order valence-corrected chi connectivity index (χ3v) is 3.36. The molecule has 0 bridgehead atoms. The van der Waals surface area contributed by atoms with Crippen LogP contribution in [-0.2, 0) is 26.3 Å². The summed E-state index contributed by atoms with van der Waals surface area (Å²) in [4.78, 5) is 12.3. The van der Waals surface area contributed by atoms with E-state index in [0.29, 0.717) is 6.61 Å². The molecule has 1 aromatic rings. The summed E-state index contributed by atoms with van der Waals surface area (Å²) in [6.45, 7) is 6.31. The Bertz CT molecular complexity index is 450. The molecule has 1 aromatic carbocycles. The van der Waals surface area contributed by atoms with Gasteiger partial charge in [-0.1, -0.05) is 24.3 Å². The van der Waals surface area contributed by atoms with Gasteiger partial charge in [0.1, 0.15) is 5.60 Å². The molecule has 0 aliphatic heterocycles. The summed E-state index contributed by atoms with van der Waals surface area (Å²) in [5.41, 5.74) is 1.34. The van der Waals surface area contributed by atoms with Crippen molar-refractivity contribution in [3.05, 3.63) is 35.4 Å². The lowest BCUT2D eigenvalue weighted by atomic mass is 9.95. The second-order valence-electron chi connectivity index (χ2n) is 6.21. The maximum atomic E-state index is 12.3. The molecule has 3 nitrogen and oxygen atoms in total. The Morgan fingerprint density at radius 2 is 1.79 bits per heavy atom. The maximum absolute atomic E-state index is 12.3. The van der Waals surface area contributed by atoms with Gasteiger partial charge >= 0.3 is 5.97 Å². The van der Waals surface area contributed by atoms with E-state index in [1.165, 1.54) is 0 Å². The highest BCUT2D eigenvalue weighted by molar-refractivity contribution is 5.86. The van der Waals surface area contributed by atoms with Crippen LogP contribution in [0.1, 0.15) is 44.7 Å². The van der Waals surface area contributed by atoms with E-state index < -0.39 is 11.0 Å². The predicted octanol–water partition coefficient (Wildman–Crippen LogP) is 3.21. The van der Waals surface area contributed by atoms with E-state index in [-0.39, 0.29) is 5.97 Å². The first-order valence-electron chi connectivity index (χ1n) is 6.69. The summed E-state index contributed by atoms with van der Waals surface area (Å²) in [6.07, 6.45) is 1.76. The predicted molar refractivity (Wildman–Crippen MR) is 73.9 cm³/mol. The minimum Gasteiger partial charge on any atom is -0.459 e. The number of hydrogen-bond donors (Lipinski definition) is 0. The van der Waals surface area contributed by atoms with Gasteiger partial charge in [0.25, 0.3) is 0 Å². The van der Waals surface area contributed by atoms with E-state index >= 15 is 0 Å². The first-order chi connectivity index (χ1) is 8.87. The number of methoxy groups -OCH3 is 1. The van der Waals surface area contributed by atoms with E-state index in [9.17, 15) is 4.79 Å². The monoisotopic (exact) mass is 262 g/mol. The average Bonchev–Trinajstić information content (AvgIpc) is 3.09. The third kappa shape index (κ3) is 3.16. The van der Waals surface area contributed by atoms with Crippen LogP contribution < -0.4 is 0 Å². The molecule has 1 aliphatic rings. The molecule has 0 amide bonds. The van der Waals surface area contributed by atoms with E-state index in [4.69, 9.17) is 9.47 Å². The van der Waals surface area contributed by atoms with Crippen molar-refractivity contribution in [3.63, 3.8) is 0 Å². The average molecular weight is 262 g/mol. The number of hydrogen-bond acceptors (Lipinski definition) is 3. The molecule has 3 heteroatoms. The minimum absolute atomic E-state index is 0.0977. The number of rotatable bonds is 4. The molecule has 0 unspecified atom stereocenters. The summed E-state index contributed by atoms with van der Waals surface area (Å²) < 4.78 is 10.6. The summed E-state index contributed by atoms with van der Waals surface area (Å²) in [7, 11) is 1.68. The van der Waals surface area contributed by atoms with Crippen molar-refractivity contribution in [2.45, 2.75) is 51.2 Å². The number of benzene rings is 1. The lowest BCUT2D eigenvalue weighted by Crippen LogP contribution is -2.31. The Balaban J connectivity index is 2.14. The van der Waals surface area contributed by atoms with Crippen LogP contribution in [0.25, 0.3) is 0 Å². The lowest BCUT2D eigenvalue weighted by Gasteiger charge is -2.24. The quantitative estimate of drug-likeness (QED) is 0.782. The topological polar surface area (TPSA) is 35.5 Å². The molecule has 0 radical (unpaired) electrons. The zero-order valence-electron chi connectivity index (χ0n) is 12.2. The van der Waals surface area contributed by atoms with Crippen LogP contribution in [-0.4, -0.2) is 18.7 Å². The Morgan fingerprint density at radius 1 is 1.21 bits per heavy atom. The van der Waals surface area contributed by atoms with Crippen molar-refractivity contribution in [2.75, 3.05) is 7.11 Å². The summed E-state index contributed by atoms with van der Waals surface area (Å²) >= 11 is 0. The van der Waals surface area contributed by atoms with Gasteiger partial charge in [-0.05, 0) is 44.7 Å². The fourth-order valence-corrected chi connectivity index (χ4v) is 2.20. The summed E-state index contributed by atoms with van der Waals surface area (Å²) in [5, 5.41) is 0. The molecule has 0 spiro atoms. The molecule has 19 heavy (non-hydrogen) atoms. The Labute approximate surface area is 114 Å². The Kier molecular flexibility index (Phi) is 3.68. The Morgan fingerprint density at radius 3 is 2.21 bits per heavy atom. The van der Waals surface area contributed by atoms with E-state index in [1.54, 1.807) is 7.11 Å². The van der Waals surface area contributed by atoms with Crippen LogP contribution in [0, 0.1) is 0 Å². The van der Waals surface area contributed by atoms with Crippen molar-refractivity contribution in [1.29, 1.82) is 0 Å². The largest absolute Gasteiger partial charge is 0.459 e. The number of ether oxygens (including phenoxy) is 2. The van der Waals surface area contributed by atoms with E-state index in [2.05, 4.69) is 0 Å². The second kappa shape index (κ2) is 4.97. The fourth-order valence-electron chi connectivity index (χ4n) is 2.20. The molecule has 2 rings (SSSR count). The molecule has 1 saturated carbocycles. The van der Waals surface area contributed by atoms with Crippen LogP contribution in [0.3, 0.4) is 0 Å². The summed E-state index contributed by atoms with van der Waals surface area (Å²) in [6, 6.07) is 8.07. The molecule has 1 aliphatic carbocycles. The lowest BCUT2D eigenvalue weighted by molar-refractivity contribution is -0.158. The van der Waals surface area contributed by atoms with Crippen molar-refractivity contribution in [2.24, 2.45) is 0 Å². The maximum Gasteiger partial charge on any atom is 0.317 e. The molecular formula is C16H22O3. The van der Waals surface area contributed by atoms with Crippen molar-refractivity contribution in [1.82, 2.24) is 0 Å². The van der Waals surface area contributed by atoms with Crippen molar-refractivity contribution < 1.29 is 14.3 Å². The standard InChI is InChI=1S/C16H22O3/c1-15(2,3)19-14(17)16(9-10-16)13-7-5-12(6-8-13)11-18-4/h5-8H,9-11H2,1-4H3. The summed E-state index contributed by atoms with van der Waals surface area (Å²) in [5.74, 6) is -0.0977. The molecule has 104 valence electrons. The van der Waals surface area contributed by atoms with Crippen LogP contribution >= 0.6 is 0 Å². The number of carbonyl (C=O) groups is 1. The molecule has 0 N–H and O–H groups in total. The zero-order chi connectivity index (χ0) is 14.1. The smallest absolute Gasteiger partial charge is 0.317 e. The Hall–Kier alpha value is -1.35. The third-order valence-electron chi connectivity index (χ3n) is 3.36. The fraction of sp³-hybridized carbons (Fsp3) is 0.562. The van der Waals surface area contributed by atoms with Gasteiger partial charge in [-0.25, -0.2) is 0 Å². The van der Waals surface area contributed by atoms with Gasteiger partial charge in [-0.3, -0.25) is 4.79 Å². The van der Waals surface area contributed by atoms with Crippen LogP contribution in [0.4, 0.5) is 0 Å². The highest BCUT2D eigenvalue weighted by atomic mass is 16.6. The molecule has 0 atom stereocenters. The van der Waals surface area contributed by atoms with Crippen LogP contribution in [0.2, 0.25) is 0 Å². The normalized spacial score (nSPS) is 17.1. The minimum atomic E-state index is -0.428. The number of carbonyl (C=O) groups excluding carboxylic acids is 1. The first kappa shape index (κ1) is 14.1. The van der Waals surface area contributed by atoms with Gasteiger partial charge in [-0.15, -0.1) is 0 Å². The van der Waals surface area contributed by atoms with Crippen molar-refractivity contribution >= 4 is 5.97 Å². The SMILES string of the molecule is COCc1ccc(C2(C(=O)OC(C)(C)C)CC2)cc1. The molecule has 1 fully saturated rings. The zero-order valence-corrected chi connectivity index (χ0v) is 12.2. The molecule has 0 aromatic heterocycles. The van der Waals surface area contributed by atoms with Gasteiger partial charge in [0, 0.05) is 7.11 Å². The molecule has 0 saturated heterocycles. The van der Waals surface area contributed by atoms with Crippen molar-refractivity contribution in [3.8, 4) is 0 Å². The van der Waals surface area contributed by atoms with Crippen LogP contribution in [0.5, 0.6) is 0 Å². The highest BCUT2D eigenvalue weighted by Gasteiger charge is 2.53. The van der Waals surface area contributed by atoms with E-state index in [1.807, 2.05) is 45.0 Å². The van der Waals surface area contributed by atoms with Gasteiger partial charge in [-0.2, -0.15) is 0 Å².